The largest absolute Gasteiger partial charge is 0.416 e. The van der Waals surface area contributed by atoms with E-state index in [1.165, 1.54) is 19.1 Å². The van der Waals surface area contributed by atoms with Gasteiger partial charge in [-0.25, -0.2) is 0 Å². The van der Waals surface area contributed by atoms with Crippen molar-refractivity contribution in [2.75, 3.05) is 13.1 Å². The van der Waals surface area contributed by atoms with Crippen LogP contribution in [0.2, 0.25) is 0 Å². The first-order valence-corrected chi connectivity index (χ1v) is 8.37. The number of amides is 1. The van der Waals surface area contributed by atoms with Crippen molar-refractivity contribution in [3.63, 3.8) is 0 Å². The van der Waals surface area contributed by atoms with E-state index >= 15 is 0 Å². The number of aromatic nitrogens is 3. The van der Waals surface area contributed by atoms with Gasteiger partial charge in [-0.15, -0.1) is 10.2 Å². The molecule has 26 heavy (non-hydrogen) atoms. The van der Waals surface area contributed by atoms with E-state index in [2.05, 4.69) is 20.4 Å². The van der Waals surface area contributed by atoms with Crippen LogP contribution in [0.15, 0.2) is 24.3 Å². The van der Waals surface area contributed by atoms with Gasteiger partial charge in [0.05, 0.1) is 12.1 Å². The number of halogens is 3. The van der Waals surface area contributed by atoms with Gasteiger partial charge < -0.3 is 9.88 Å². The molecule has 0 bridgehead atoms. The summed E-state index contributed by atoms with van der Waals surface area (Å²) < 4.78 is 39.9. The van der Waals surface area contributed by atoms with Gasteiger partial charge in [0.2, 0.25) is 5.91 Å². The van der Waals surface area contributed by atoms with Crippen LogP contribution in [0.3, 0.4) is 0 Å². The second-order valence-corrected chi connectivity index (χ2v) is 6.31. The van der Waals surface area contributed by atoms with E-state index in [-0.39, 0.29) is 5.91 Å². The molecule has 140 valence electrons. The van der Waals surface area contributed by atoms with Crippen LogP contribution in [0, 0.1) is 0 Å². The molecule has 0 saturated heterocycles. The molecule has 2 aromatic rings. The Morgan fingerprint density at radius 3 is 2.54 bits per heavy atom. The lowest BCUT2D eigenvalue weighted by molar-refractivity contribution is -0.137. The third-order valence-electron chi connectivity index (χ3n) is 4.38. The number of carbonyl (C=O) groups is 1. The van der Waals surface area contributed by atoms with Gasteiger partial charge in [0.15, 0.2) is 5.82 Å². The molecule has 0 atom stereocenters. The quantitative estimate of drug-likeness (QED) is 0.898. The number of carbonyl (C=O) groups excluding carboxylic acids is 1. The van der Waals surface area contributed by atoms with Gasteiger partial charge in [-0.05, 0) is 17.7 Å². The Balaban J connectivity index is 1.61. The average Bonchev–Trinajstić information content (AvgIpc) is 2.86. The lowest BCUT2D eigenvalue weighted by atomic mass is 10.1. The number of nitrogens with one attached hydrogen (secondary N) is 1. The van der Waals surface area contributed by atoms with Crippen LogP contribution >= 0.6 is 0 Å². The standard InChI is InChI=1S/C17H20F3N5O/c1-12(26)21-10-16-23-22-15-6-7-24(8-9-25(15)16)11-13-2-4-14(5-3-13)17(18,19)20/h2-5H,6-11H2,1H3,(H,21,26). The Bertz CT molecular complexity index is 770. The number of benzene rings is 1. The second kappa shape index (κ2) is 7.45. The number of fused-ring (bicyclic) bond motifs is 1. The smallest absolute Gasteiger partial charge is 0.349 e. The van der Waals surface area contributed by atoms with E-state index in [9.17, 15) is 18.0 Å². The van der Waals surface area contributed by atoms with E-state index in [0.29, 0.717) is 31.9 Å². The molecule has 1 N–H and O–H groups in total. The summed E-state index contributed by atoms with van der Waals surface area (Å²) in [4.78, 5) is 13.2. The molecule has 0 spiro atoms. The predicted molar refractivity (Wildman–Crippen MR) is 88.0 cm³/mol. The van der Waals surface area contributed by atoms with E-state index in [0.717, 1.165) is 36.6 Å². The van der Waals surface area contributed by atoms with Crippen molar-refractivity contribution >= 4 is 5.91 Å². The first kappa shape index (κ1) is 18.4. The van der Waals surface area contributed by atoms with Crippen molar-refractivity contribution in [2.24, 2.45) is 0 Å². The summed E-state index contributed by atoms with van der Waals surface area (Å²) in [6, 6.07) is 5.29. The van der Waals surface area contributed by atoms with Gasteiger partial charge >= 0.3 is 6.18 Å². The first-order chi connectivity index (χ1) is 12.3. The highest BCUT2D eigenvalue weighted by atomic mass is 19.4. The Morgan fingerprint density at radius 2 is 1.88 bits per heavy atom. The second-order valence-electron chi connectivity index (χ2n) is 6.31. The highest BCUT2D eigenvalue weighted by Crippen LogP contribution is 2.29. The molecule has 3 rings (SSSR count). The molecule has 0 saturated carbocycles. The highest BCUT2D eigenvalue weighted by molar-refractivity contribution is 5.72. The predicted octanol–water partition coefficient (Wildman–Crippen LogP) is 1.99. The van der Waals surface area contributed by atoms with Gasteiger partial charge in [0, 0.05) is 39.5 Å². The van der Waals surface area contributed by atoms with Gasteiger partial charge in [0.25, 0.3) is 0 Å². The monoisotopic (exact) mass is 367 g/mol. The van der Waals surface area contributed by atoms with E-state index in [1.54, 1.807) is 0 Å². The van der Waals surface area contributed by atoms with Gasteiger partial charge in [-0.1, -0.05) is 12.1 Å². The Morgan fingerprint density at radius 1 is 1.15 bits per heavy atom. The summed E-state index contributed by atoms with van der Waals surface area (Å²) >= 11 is 0. The summed E-state index contributed by atoms with van der Waals surface area (Å²) in [5.74, 6) is 1.45. The summed E-state index contributed by atoms with van der Waals surface area (Å²) in [5, 5.41) is 11.0. The molecule has 2 heterocycles. The fraction of sp³-hybridized carbons (Fsp3) is 0.471. The van der Waals surface area contributed by atoms with Crippen molar-refractivity contribution < 1.29 is 18.0 Å². The molecule has 0 aliphatic carbocycles. The topological polar surface area (TPSA) is 63.1 Å². The number of hydrogen-bond donors (Lipinski definition) is 1. The van der Waals surface area contributed by atoms with Crippen LogP contribution in [0.25, 0.3) is 0 Å². The maximum atomic E-state index is 12.6. The number of alkyl halides is 3. The van der Waals surface area contributed by atoms with Crippen molar-refractivity contribution in [3.8, 4) is 0 Å². The average molecular weight is 367 g/mol. The minimum absolute atomic E-state index is 0.125. The molecular weight excluding hydrogens is 347 g/mol. The summed E-state index contributed by atoms with van der Waals surface area (Å²) in [6.07, 6.45) is -3.61. The van der Waals surface area contributed by atoms with Crippen molar-refractivity contribution in [1.82, 2.24) is 25.0 Å². The zero-order valence-corrected chi connectivity index (χ0v) is 14.4. The molecule has 6 nitrogen and oxygen atoms in total. The minimum Gasteiger partial charge on any atom is -0.349 e. The maximum Gasteiger partial charge on any atom is 0.416 e. The van der Waals surface area contributed by atoms with Crippen LogP contribution in [0.4, 0.5) is 13.2 Å². The molecule has 1 aromatic heterocycles. The third-order valence-corrected chi connectivity index (χ3v) is 4.38. The molecule has 1 aliphatic rings. The minimum atomic E-state index is -4.31. The lowest BCUT2D eigenvalue weighted by Gasteiger charge is -2.20. The van der Waals surface area contributed by atoms with Crippen LogP contribution in [-0.4, -0.2) is 38.7 Å². The highest BCUT2D eigenvalue weighted by Gasteiger charge is 2.30. The zero-order valence-electron chi connectivity index (χ0n) is 14.4. The Hall–Kier alpha value is -2.42. The van der Waals surface area contributed by atoms with Gasteiger partial charge in [-0.3, -0.25) is 9.69 Å². The zero-order chi connectivity index (χ0) is 18.7. The summed E-state index contributed by atoms with van der Waals surface area (Å²) in [5.41, 5.74) is 0.208. The Labute approximate surface area is 149 Å². The van der Waals surface area contributed by atoms with E-state index in [1.807, 2.05) is 4.57 Å². The third kappa shape index (κ3) is 4.40. The van der Waals surface area contributed by atoms with Crippen LogP contribution in [-0.2, 0) is 37.0 Å². The van der Waals surface area contributed by atoms with Crippen LogP contribution in [0.5, 0.6) is 0 Å². The summed E-state index contributed by atoms with van der Waals surface area (Å²) in [7, 11) is 0. The SMILES string of the molecule is CC(=O)NCc1nnc2n1CCN(Cc1ccc(C(F)(F)F)cc1)CC2. The van der Waals surface area contributed by atoms with Crippen molar-refractivity contribution in [2.45, 2.75) is 39.2 Å². The maximum absolute atomic E-state index is 12.6. The number of rotatable bonds is 4. The fourth-order valence-electron chi connectivity index (χ4n) is 2.98. The molecule has 1 aliphatic heterocycles. The molecule has 0 unspecified atom stereocenters. The van der Waals surface area contributed by atoms with Crippen LogP contribution in [0.1, 0.15) is 29.7 Å². The first-order valence-electron chi connectivity index (χ1n) is 8.37. The molecule has 0 fully saturated rings. The molecule has 0 radical (unpaired) electrons. The van der Waals surface area contributed by atoms with E-state index < -0.39 is 11.7 Å². The normalized spacial score (nSPS) is 15.4. The van der Waals surface area contributed by atoms with Gasteiger partial charge in [0.1, 0.15) is 5.82 Å². The van der Waals surface area contributed by atoms with E-state index in [4.69, 9.17) is 0 Å². The molecule has 1 aromatic carbocycles. The van der Waals surface area contributed by atoms with Crippen LogP contribution < -0.4 is 5.32 Å². The Kier molecular flexibility index (Phi) is 5.26. The van der Waals surface area contributed by atoms with Crippen molar-refractivity contribution in [1.29, 1.82) is 0 Å². The number of nitrogens with zero attached hydrogens (tertiary/aromatic N) is 4. The number of hydrogen-bond acceptors (Lipinski definition) is 4. The molecule has 9 heteroatoms. The molecular formula is C17H20F3N5O. The summed E-state index contributed by atoms with van der Waals surface area (Å²) in [6.45, 7) is 4.53. The van der Waals surface area contributed by atoms with Gasteiger partial charge in [-0.2, -0.15) is 13.2 Å². The lowest BCUT2D eigenvalue weighted by Crippen LogP contribution is -2.27. The molecule has 1 amide bonds. The fourth-order valence-corrected chi connectivity index (χ4v) is 2.98. The van der Waals surface area contributed by atoms with Crippen molar-refractivity contribution in [3.05, 3.63) is 47.0 Å².